The number of hydrogen-bond acceptors (Lipinski definition) is 1. The van der Waals surface area contributed by atoms with Crippen LogP contribution >= 0.6 is 0 Å². The van der Waals surface area contributed by atoms with Gasteiger partial charge in [0.1, 0.15) is 0 Å². The highest BCUT2D eigenvalue weighted by atomic mass is 14.5. The summed E-state index contributed by atoms with van der Waals surface area (Å²) in [5, 5.41) is 0. The van der Waals surface area contributed by atoms with Gasteiger partial charge in [-0.05, 0) is 25.6 Å². The summed E-state index contributed by atoms with van der Waals surface area (Å²) in [5.41, 5.74) is 6.24. The van der Waals surface area contributed by atoms with Gasteiger partial charge in [-0.2, -0.15) is 0 Å². The van der Waals surface area contributed by atoms with E-state index in [2.05, 4.69) is 0 Å². The Bertz CT molecular complexity index is 90.4. The third-order valence-electron chi connectivity index (χ3n) is 0.692. The molecule has 0 heterocycles. The molecule has 0 rings (SSSR count). The molecule has 7 heavy (non-hydrogen) atoms. The highest BCUT2D eigenvalue weighted by Gasteiger charge is 1.70. The second kappa shape index (κ2) is 3.47. The normalized spacial score (nSPS) is 13.1. The summed E-state index contributed by atoms with van der Waals surface area (Å²) < 4.78 is 0. The summed E-state index contributed by atoms with van der Waals surface area (Å²) in [5.74, 6) is 0. The van der Waals surface area contributed by atoms with Crippen molar-refractivity contribution < 1.29 is 0 Å². The highest BCUT2D eigenvalue weighted by molar-refractivity contribution is 5.13. The number of nitrogens with two attached hydrogens (primary N) is 1. The third-order valence-corrected chi connectivity index (χ3v) is 0.692. The second-order valence-corrected chi connectivity index (χ2v) is 1.41. The molecular weight excluding hydrogens is 86.1 g/mol. The monoisotopic (exact) mass is 97.1 g/mol. The van der Waals surface area contributed by atoms with Gasteiger partial charge in [-0.15, -0.1) is 0 Å². The van der Waals surface area contributed by atoms with Crippen LogP contribution in [0.1, 0.15) is 13.8 Å². The van der Waals surface area contributed by atoms with Crippen molar-refractivity contribution in [3.05, 3.63) is 23.9 Å². The fourth-order valence-electron chi connectivity index (χ4n) is 0.318. The van der Waals surface area contributed by atoms with Crippen molar-refractivity contribution in [2.45, 2.75) is 13.8 Å². The van der Waals surface area contributed by atoms with Crippen LogP contribution in [0.5, 0.6) is 0 Å². The van der Waals surface area contributed by atoms with E-state index in [1.54, 1.807) is 6.20 Å². The number of rotatable bonds is 1. The largest absolute Gasteiger partial charge is 0.404 e. The first kappa shape index (κ1) is 6.28. The van der Waals surface area contributed by atoms with Crippen LogP contribution < -0.4 is 5.73 Å². The highest BCUT2D eigenvalue weighted by Crippen LogP contribution is 1.88. The molecule has 0 aliphatic carbocycles. The van der Waals surface area contributed by atoms with E-state index in [0.29, 0.717) is 0 Å². The molecule has 0 aliphatic heterocycles. The number of allylic oxidation sites excluding steroid dienone is 3. The average molecular weight is 97.2 g/mol. The lowest BCUT2D eigenvalue weighted by Crippen LogP contribution is -1.78. The zero-order chi connectivity index (χ0) is 5.70. The third kappa shape index (κ3) is 3.10. The van der Waals surface area contributed by atoms with Gasteiger partial charge in [-0.25, -0.2) is 0 Å². The molecule has 0 saturated heterocycles. The van der Waals surface area contributed by atoms with E-state index in [-0.39, 0.29) is 0 Å². The van der Waals surface area contributed by atoms with E-state index in [4.69, 9.17) is 5.73 Å². The van der Waals surface area contributed by atoms with E-state index in [1.807, 2.05) is 26.0 Å². The van der Waals surface area contributed by atoms with Crippen molar-refractivity contribution in [1.82, 2.24) is 0 Å². The minimum Gasteiger partial charge on any atom is -0.404 e. The Hall–Kier alpha value is -0.720. The Labute approximate surface area is 44.5 Å². The van der Waals surface area contributed by atoms with E-state index in [1.165, 1.54) is 0 Å². The van der Waals surface area contributed by atoms with E-state index in [0.717, 1.165) is 5.57 Å². The van der Waals surface area contributed by atoms with Gasteiger partial charge in [0.25, 0.3) is 0 Å². The molecule has 0 atom stereocenters. The Morgan fingerprint density at radius 3 is 2.29 bits per heavy atom. The molecule has 0 aromatic heterocycles. The fourth-order valence-corrected chi connectivity index (χ4v) is 0.318. The molecule has 0 aromatic carbocycles. The van der Waals surface area contributed by atoms with Crippen molar-refractivity contribution in [1.29, 1.82) is 0 Å². The van der Waals surface area contributed by atoms with Gasteiger partial charge in [0.05, 0.1) is 0 Å². The molecular formula is C6H11N. The van der Waals surface area contributed by atoms with E-state index >= 15 is 0 Å². The minimum atomic E-state index is 1.10. The van der Waals surface area contributed by atoms with Gasteiger partial charge < -0.3 is 5.73 Å². The van der Waals surface area contributed by atoms with Gasteiger partial charge in [0.2, 0.25) is 0 Å². The SMILES string of the molecule is C/C=C\C(C)=C\N. The van der Waals surface area contributed by atoms with Gasteiger partial charge >= 0.3 is 0 Å². The molecule has 1 heteroatoms. The van der Waals surface area contributed by atoms with Crippen molar-refractivity contribution in [3.63, 3.8) is 0 Å². The molecule has 0 unspecified atom stereocenters. The van der Waals surface area contributed by atoms with Crippen LogP contribution in [-0.4, -0.2) is 0 Å². The van der Waals surface area contributed by atoms with Crippen LogP contribution in [0.2, 0.25) is 0 Å². The zero-order valence-electron chi connectivity index (χ0n) is 4.81. The maximum Gasteiger partial charge on any atom is -0.00327 e. The fraction of sp³-hybridized carbons (Fsp3) is 0.333. The molecule has 40 valence electrons. The maximum absolute atomic E-state index is 5.14. The van der Waals surface area contributed by atoms with Crippen molar-refractivity contribution in [2.75, 3.05) is 0 Å². The van der Waals surface area contributed by atoms with Crippen LogP contribution in [0.3, 0.4) is 0 Å². The summed E-state index contributed by atoms with van der Waals surface area (Å²) in [6.07, 6.45) is 5.50. The lowest BCUT2D eigenvalue weighted by molar-refractivity contribution is 1.43. The van der Waals surface area contributed by atoms with Gasteiger partial charge in [0, 0.05) is 0 Å². The van der Waals surface area contributed by atoms with Crippen LogP contribution in [0.25, 0.3) is 0 Å². The molecule has 0 amide bonds. The molecule has 1 nitrogen and oxygen atoms in total. The molecule has 0 aliphatic rings. The first-order valence-corrected chi connectivity index (χ1v) is 2.32. The van der Waals surface area contributed by atoms with Crippen LogP contribution in [0, 0.1) is 0 Å². The van der Waals surface area contributed by atoms with Gasteiger partial charge in [-0.1, -0.05) is 12.2 Å². The summed E-state index contributed by atoms with van der Waals surface area (Å²) in [4.78, 5) is 0. The van der Waals surface area contributed by atoms with E-state index in [9.17, 15) is 0 Å². The molecule has 0 fully saturated rings. The second-order valence-electron chi connectivity index (χ2n) is 1.41. The Morgan fingerprint density at radius 1 is 1.57 bits per heavy atom. The summed E-state index contributed by atoms with van der Waals surface area (Å²) in [7, 11) is 0. The molecule has 0 saturated carbocycles. The Morgan fingerprint density at radius 2 is 2.14 bits per heavy atom. The smallest absolute Gasteiger partial charge is 0.00327 e. The maximum atomic E-state index is 5.14. The molecule has 0 radical (unpaired) electrons. The van der Waals surface area contributed by atoms with Crippen LogP contribution in [-0.2, 0) is 0 Å². The Balaban J connectivity index is 3.58. The minimum absolute atomic E-state index is 1.10. The van der Waals surface area contributed by atoms with Crippen molar-refractivity contribution in [2.24, 2.45) is 5.73 Å². The average Bonchev–Trinajstić information content (AvgIpc) is 1.68. The quantitative estimate of drug-likeness (QED) is 0.492. The van der Waals surface area contributed by atoms with E-state index < -0.39 is 0 Å². The van der Waals surface area contributed by atoms with Crippen molar-refractivity contribution in [3.8, 4) is 0 Å². The van der Waals surface area contributed by atoms with Crippen molar-refractivity contribution >= 4 is 0 Å². The standard InChI is InChI=1S/C6H11N/c1-3-4-6(2)5-7/h3-5H,7H2,1-2H3/b4-3-,6-5+. The molecule has 0 spiro atoms. The topological polar surface area (TPSA) is 26.0 Å². The van der Waals surface area contributed by atoms with Crippen LogP contribution in [0.15, 0.2) is 23.9 Å². The predicted molar refractivity (Wildman–Crippen MR) is 32.8 cm³/mol. The summed E-state index contributed by atoms with van der Waals surface area (Å²) in [6, 6.07) is 0. The first-order valence-electron chi connectivity index (χ1n) is 2.32. The zero-order valence-corrected chi connectivity index (χ0v) is 4.81. The lowest BCUT2D eigenvalue weighted by Gasteiger charge is -1.81. The molecule has 2 N–H and O–H groups in total. The lowest BCUT2D eigenvalue weighted by atomic mass is 10.3. The molecule has 0 bridgehead atoms. The molecule has 0 aromatic rings. The Kier molecular flexibility index (Phi) is 3.11. The summed E-state index contributed by atoms with van der Waals surface area (Å²) in [6.45, 7) is 3.92. The summed E-state index contributed by atoms with van der Waals surface area (Å²) >= 11 is 0. The number of hydrogen-bond donors (Lipinski definition) is 1. The van der Waals surface area contributed by atoms with Gasteiger partial charge in [-0.3, -0.25) is 0 Å². The predicted octanol–water partition coefficient (Wildman–Crippen LogP) is 1.43. The first-order chi connectivity index (χ1) is 3.31. The van der Waals surface area contributed by atoms with Crippen LogP contribution in [0.4, 0.5) is 0 Å². The van der Waals surface area contributed by atoms with Gasteiger partial charge in [0.15, 0.2) is 0 Å².